The minimum absolute atomic E-state index is 0.0276. The van der Waals surface area contributed by atoms with E-state index in [9.17, 15) is 19.5 Å². The number of likely N-dealkylation sites (N-methyl/N-ethyl adjacent to an activating group) is 2. The van der Waals surface area contributed by atoms with Crippen LogP contribution in [0.15, 0.2) is 72.3 Å². The summed E-state index contributed by atoms with van der Waals surface area (Å²) in [5.74, 6) is -1.89. The molecule has 1 unspecified atom stereocenters. The second kappa shape index (κ2) is 13.4. The Bertz CT molecular complexity index is 1070. The average Bonchev–Trinajstić information content (AvgIpc) is 2.87. The number of carbonyl (C=O) groups excluding carboxylic acids is 2. The summed E-state index contributed by atoms with van der Waals surface area (Å²) in [5.41, 5.74) is 1.54. The summed E-state index contributed by atoms with van der Waals surface area (Å²) in [6, 6.07) is 17.8. The Morgan fingerprint density at radius 3 is 1.76 bits per heavy atom. The van der Waals surface area contributed by atoms with E-state index in [0.29, 0.717) is 0 Å². The largest absolute Gasteiger partial charge is 0.478 e. The second-order valence-corrected chi connectivity index (χ2v) is 11.2. The summed E-state index contributed by atoms with van der Waals surface area (Å²) < 4.78 is 0. The lowest BCUT2D eigenvalue weighted by atomic mass is 9.82. The molecule has 0 saturated carbocycles. The normalized spacial score (nSPS) is 14.6. The molecule has 3 atom stereocenters. The number of carboxylic acids is 1. The van der Waals surface area contributed by atoms with Crippen molar-refractivity contribution in [2.45, 2.75) is 65.6 Å². The van der Waals surface area contributed by atoms with Crippen LogP contribution in [-0.2, 0) is 14.4 Å². The molecule has 2 rings (SSSR count). The zero-order chi connectivity index (χ0) is 28.6. The number of hydrogen-bond donors (Lipinski definition) is 3. The third-order valence-corrected chi connectivity index (χ3v) is 6.88. The van der Waals surface area contributed by atoms with Crippen LogP contribution in [0.25, 0.3) is 0 Å². The number of hydrogen-bond acceptors (Lipinski definition) is 4. The summed E-state index contributed by atoms with van der Waals surface area (Å²) >= 11 is 0. The van der Waals surface area contributed by atoms with Crippen LogP contribution in [0.1, 0.15) is 58.6 Å². The molecule has 0 aliphatic rings. The third kappa shape index (κ3) is 7.78. The Kier molecular flexibility index (Phi) is 10.8. The molecule has 0 bridgehead atoms. The summed E-state index contributed by atoms with van der Waals surface area (Å²) in [7, 11) is 3.41. The summed E-state index contributed by atoms with van der Waals surface area (Å²) in [6.07, 6.45) is 1.60. The van der Waals surface area contributed by atoms with Gasteiger partial charge in [-0.15, -0.1) is 0 Å². The van der Waals surface area contributed by atoms with Crippen LogP contribution in [-0.4, -0.2) is 60.0 Å². The van der Waals surface area contributed by atoms with E-state index in [2.05, 4.69) is 10.6 Å². The number of amides is 2. The van der Waals surface area contributed by atoms with Gasteiger partial charge in [0.15, 0.2) is 0 Å². The average molecular weight is 522 g/mol. The van der Waals surface area contributed by atoms with Crippen molar-refractivity contribution in [1.82, 2.24) is 15.5 Å². The summed E-state index contributed by atoms with van der Waals surface area (Å²) in [4.78, 5) is 40.7. The van der Waals surface area contributed by atoms with Crippen molar-refractivity contribution < 1.29 is 19.5 Å². The molecule has 7 nitrogen and oxygen atoms in total. The van der Waals surface area contributed by atoms with Gasteiger partial charge in [0.05, 0.1) is 12.1 Å². The smallest absolute Gasteiger partial charge is 0.331 e. The van der Waals surface area contributed by atoms with Gasteiger partial charge in [-0.1, -0.05) is 101 Å². The molecule has 0 heterocycles. The van der Waals surface area contributed by atoms with E-state index in [4.69, 9.17) is 0 Å². The number of aliphatic carboxylic acids is 1. The molecule has 2 amide bonds. The number of carboxylic acid groups (broad SMARTS) is 1. The highest BCUT2D eigenvalue weighted by Gasteiger charge is 2.39. The second-order valence-electron chi connectivity index (χ2n) is 11.2. The molecular formula is C31H43N3O4. The predicted octanol–water partition coefficient (Wildman–Crippen LogP) is 4.45. The van der Waals surface area contributed by atoms with Crippen molar-refractivity contribution in [3.63, 3.8) is 0 Å². The van der Waals surface area contributed by atoms with Crippen molar-refractivity contribution in [2.24, 2.45) is 11.3 Å². The number of nitrogens with zero attached hydrogens (tertiary/aromatic N) is 1. The maximum absolute atomic E-state index is 13.9. The Morgan fingerprint density at radius 1 is 0.921 bits per heavy atom. The van der Waals surface area contributed by atoms with Gasteiger partial charge < -0.3 is 20.6 Å². The van der Waals surface area contributed by atoms with Gasteiger partial charge in [0.1, 0.15) is 6.04 Å². The first-order valence-corrected chi connectivity index (χ1v) is 13.1. The Morgan fingerprint density at radius 2 is 1.39 bits per heavy atom. The van der Waals surface area contributed by atoms with Crippen LogP contribution in [0.4, 0.5) is 0 Å². The quantitative estimate of drug-likeness (QED) is 0.380. The van der Waals surface area contributed by atoms with Crippen molar-refractivity contribution in [3.8, 4) is 0 Å². The Balaban J connectivity index is 2.44. The molecule has 0 fully saturated rings. The zero-order valence-corrected chi connectivity index (χ0v) is 23.9. The van der Waals surface area contributed by atoms with Gasteiger partial charge in [0.2, 0.25) is 11.8 Å². The SMILES string of the molecule is CN[C@H](C(=O)NC(C(=O)N(C)[C@H](/C=C(\C)C(=O)O)C(C)C)C(C)(C)C)C(c1ccccc1)c1ccccc1. The van der Waals surface area contributed by atoms with Gasteiger partial charge in [-0.2, -0.15) is 0 Å². The lowest BCUT2D eigenvalue weighted by molar-refractivity contribution is -0.140. The van der Waals surface area contributed by atoms with Gasteiger partial charge >= 0.3 is 5.97 Å². The highest BCUT2D eigenvalue weighted by molar-refractivity contribution is 5.91. The topological polar surface area (TPSA) is 98.7 Å². The third-order valence-electron chi connectivity index (χ3n) is 6.88. The van der Waals surface area contributed by atoms with Crippen molar-refractivity contribution in [3.05, 3.63) is 83.4 Å². The van der Waals surface area contributed by atoms with E-state index >= 15 is 0 Å². The molecule has 2 aromatic rings. The lowest BCUT2D eigenvalue weighted by Gasteiger charge is -2.38. The predicted molar refractivity (Wildman–Crippen MR) is 152 cm³/mol. The van der Waals surface area contributed by atoms with Crippen LogP contribution in [0.2, 0.25) is 0 Å². The minimum Gasteiger partial charge on any atom is -0.478 e. The number of benzene rings is 2. The summed E-state index contributed by atoms with van der Waals surface area (Å²) in [6.45, 7) is 11.1. The van der Waals surface area contributed by atoms with Crippen LogP contribution >= 0.6 is 0 Å². The number of rotatable bonds is 11. The van der Waals surface area contributed by atoms with E-state index in [0.717, 1.165) is 11.1 Å². The molecule has 7 heteroatoms. The van der Waals surface area contributed by atoms with Crippen molar-refractivity contribution in [2.75, 3.05) is 14.1 Å². The molecule has 0 spiro atoms. The van der Waals surface area contributed by atoms with E-state index in [1.165, 1.54) is 6.92 Å². The Hall–Kier alpha value is -3.45. The van der Waals surface area contributed by atoms with Crippen molar-refractivity contribution in [1.29, 1.82) is 0 Å². The molecule has 2 aromatic carbocycles. The van der Waals surface area contributed by atoms with Gasteiger partial charge in [-0.3, -0.25) is 9.59 Å². The van der Waals surface area contributed by atoms with Crippen molar-refractivity contribution >= 4 is 17.8 Å². The van der Waals surface area contributed by atoms with Crippen LogP contribution < -0.4 is 10.6 Å². The minimum atomic E-state index is -1.03. The summed E-state index contributed by atoms with van der Waals surface area (Å²) in [5, 5.41) is 15.6. The zero-order valence-electron chi connectivity index (χ0n) is 23.9. The molecule has 38 heavy (non-hydrogen) atoms. The first-order chi connectivity index (χ1) is 17.8. The van der Waals surface area contributed by atoms with Crippen LogP contribution in [0.5, 0.6) is 0 Å². The molecule has 0 saturated heterocycles. The maximum atomic E-state index is 13.9. The fourth-order valence-corrected chi connectivity index (χ4v) is 4.66. The molecule has 0 aliphatic carbocycles. The first-order valence-electron chi connectivity index (χ1n) is 13.1. The Labute approximate surface area is 227 Å². The fraction of sp³-hybridized carbons (Fsp3) is 0.452. The molecule has 0 radical (unpaired) electrons. The van der Waals surface area contributed by atoms with E-state index < -0.39 is 29.5 Å². The van der Waals surface area contributed by atoms with Gasteiger partial charge in [0.25, 0.3) is 0 Å². The molecule has 3 N–H and O–H groups in total. The highest BCUT2D eigenvalue weighted by Crippen LogP contribution is 2.29. The molecule has 206 valence electrons. The standard InChI is InChI=1S/C31H43N3O4/c1-20(2)24(19-21(3)30(37)38)34(8)29(36)27(31(4,5)6)33-28(35)26(32-7)25(22-15-11-9-12-16-22)23-17-13-10-14-18-23/h9-20,24-27,32H,1-8H3,(H,33,35)(H,37,38)/b21-19+/t24-,26+,27?/m1/s1. The number of carbonyl (C=O) groups is 3. The molecule has 0 aromatic heterocycles. The first kappa shape index (κ1) is 30.8. The monoisotopic (exact) mass is 521 g/mol. The highest BCUT2D eigenvalue weighted by atomic mass is 16.4. The molecule has 0 aliphatic heterocycles. The van der Waals surface area contributed by atoms with Gasteiger partial charge in [-0.05, 0) is 36.4 Å². The molecular weight excluding hydrogens is 478 g/mol. The fourth-order valence-electron chi connectivity index (χ4n) is 4.66. The van der Waals surface area contributed by atoms with Crippen LogP contribution in [0, 0.1) is 11.3 Å². The van der Waals surface area contributed by atoms with E-state index in [1.807, 2.05) is 95.3 Å². The lowest BCUT2D eigenvalue weighted by Crippen LogP contribution is -2.59. The van der Waals surface area contributed by atoms with Gasteiger partial charge in [-0.25, -0.2) is 4.79 Å². The maximum Gasteiger partial charge on any atom is 0.331 e. The van der Waals surface area contributed by atoms with Gasteiger partial charge in [0, 0.05) is 18.5 Å². The number of nitrogens with one attached hydrogen (secondary N) is 2. The van der Waals surface area contributed by atoms with Crippen LogP contribution in [0.3, 0.4) is 0 Å². The van der Waals surface area contributed by atoms with E-state index in [1.54, 1.807) is 25.1 Å². The van der Waals surface area contributed by atoms with E-state index in [-0.39, 0.29) is 29.2 Å².